The van der Waals surface area contributed by atoms with Gasteiger partial charge in [0.15, 0.2) is 0 Å². The molecule has 0 saturated heterocycles. The zero-order valence-corrected chi connectivity index (χ0v) is 11.3. The first-order chi connectivity index (χ1) is 10.2. The maximum absolute atomic E-state index is 11.9. The number of aromatic amines is 1. The molecule has 0 saturated carbocycles. The first kappa shape index (κ1) is 13.4. The number of fused-ring (bicyclic) bond motifs is 1. The number of nitrogens with one attached hydrogen (secondary N) is 2. The Balaban J connectivity index is 1.61. The largest absolute Gasteiger partial charge is 0.493 e. The number of carbonyl (C=O) groups excluding carboxylic acids is 1. The lowest BCUT2D eigenvalue weighted by Gasteiger charge is -2.25. The predicted molar refractivity (Wildman–Crippen MR) is 76.3 cm³/mol. The third-order valence-corrected chi connectivity index (χ3v) is 3.47. The molecule has 108 valence electrons. The normalized spacial score (nSPS) is 16.7. The van der Waals surface area contributed by atoms with Crippen LogP contribution in [0.4, 0.5) is 0 Å². The Morgan fingerprint density at radius 3 is 3.14 bits per heavy atom. The molecule has 1 unspecified atom stereocenters. The minimum atomic E-state index is -0.437. The molecule has 0 bridgehead atoms. The smallest absolute Gasteiger partial charge is 0.263 e. The Bertz CT molecular complexity index is 711. The fourth-order valence-corrected chi connectivity index (χ4v) is 2.36. The second-order valence-corrected chi connectivity index (χ2v) is 4.99. The number of para-hydroxylation sites is 1. The lowest BCUT2D eigenvalue weighted by atomic mass is 9.97. The van der Waals surface area contributed by atoms with Crippen molar-refractivity contribution in [2.24, 2.45) is 5.92 Å². The van der Waals surface area contributed by atoms with Crippen molar-refractivity contribution in [1.82, 2.24) is 15.3 Å². The molecule has 1 aliphatic heterocycles. The minimum Gasteiger partial charge on any atom is -0.493 e. The van der Waals surface area contributed by atoms with Crippen molar-refractivity contribution >= 4 is 5.91 Å². The van der Waals surface area contributed by atoms with Gasteiger partial charge >= 0.3 is 0 Å². The molecule has 0 radical (unpaired) electrons. The van der Waals surface area contributed by atoms with E-state index in [2.05, 4.69) is 15.3 Å². The monoisotopic (exact) mass is 285 g/mol. The Hall–Kier alpha value is -2.63. The van der Waals surface area contributed by atoms with Gasteiger partial charge in [-0.25, -0.2) is 4.98 Å². The maximum atomic E-state index is 11.9. The van der Waals surface area contributed by atoms with Crippen LogP contribution in [0.1, 0.15) is 15.9 Å². The quantitative estimate of drug-likeness (QED) is 0.871. The molecule has 21 heavy (non-hydrogen) atoms. The van der Waals surface area contributed by atoms with Gasteiger partial charge in [0.25, 0.3) is 11.5 Å². The summed E-state index contributed by atoms with van der Waals surface area (Å²) in [4.78, 5) is 29.6. The lowest BCUT2D eigenvalue weighted by Crippen LogP contribution is -2.36. The van der Waals surface area contributed by atoms with Gasteiger partial charge in [-0.15, -0.1) is 0 Å². The number of amides is 1. The summed E-state index contributed by atoms with van der Waals surface area (Å²) >= 11 is 0. The van der Waals surface area contributed by atoms with E-state index >= 15 is 0 Å². The molecule has 1 aliphatic rings. The first-order valence-electron chi connectivity index (χ1n) is 6.75. The van der Waals surface area contributed by atoms with E-state index in [1.54, 1.807) is 0 Å². The molecule has 2 N–H and O–H groups in total. The highest BCUT2D eigenvalue weighted by atomic mass is 16.5. The molecule has 1 amide bonds. The van der Waals surface area contributed by atoms with Crippen LogP contribution in [0, 0.1) is 5.92 Å². The molecule has 2 heterocycles. The Kier molecular flexibility index (Phi) is 3.68. The number of hydrogen-bond donors (Lipinski definition) is 2. The highest BCUT2D eigenvalue weighted by Crippen LogP contribution is 2.26. The van der Waals surface area contributed by atoms with Crippen LogP contribution in [0.3, 0.4) is 0 Å². The molecule has 1 aromatic heterocycles. The lowest BCUT2D eigenvalue weighted by molar-refractivity contribution is 0.0937. The van der Waals surface area contributed by atoms with Crippen LogP contribution in [-0.4, -0.2) is 29.0 Å². The van der Waals surface area contributed by atoms with Gasteiger partial charge in [0.1, 0.15) is 11.3 Å². The molecule has 3 rings (SSSR count). The number of nitrogens with zero attached hydrogens (tertiary/aromatic N) is 1. The van der Waals surface area contributed by atoms with E-state index in [1.807, 2.05) is 24.3 Å². The topological polar surface area (TPSA) is 84.1 Å². The summed E-state index contributed by atoms with van der Waals surface area (Å²) < 4.78 is 5.67. The van der Waals surface area contributed by atoms with Crippen molar-refractivity contribution < 1.29 is 9.53 Å². The highest BCUT2D eigenvalue weighted by molar-refractivity contribution is 5.93. The summed E-state index contributed by atoms with van der Waals surface area (Å²) in [5.74, 6) is 0.687. The number of carbonyl (C=O) groups is 1. The van der Waals surface area contributed by atoms with Crippen molar-refractivity contribution in [3.8, 4) is 5.75 Å². The van der Waals surface area contributed by atoms with Crippen molar-refractivity contribution in [2.45, 2.75) is 6.42 Å². The third kappa shape index (κ3) is 2.94. The SMILES string of the molecule is O=C(NCC1COc2ccccc2C1)c1cnc[nH]c1=O. The van der Waals surface area contributed by atoms with E-state index in [1.165, 1.54) is 12.5 Å². The van der Waals surface area contributed by atoms with Gasteiger partial charge < -0.3 is 15.0 Å². The van der Waals surface area contributed by atoms with E-state index in [4.69, 9.17) is 4.74 Å². The van der Waals surface area contributed by atoms with Crippen LogP contribution in [0.25, 0.3) is 0 Å². The van der Waals surface area contributed by atoms with Gasteiger partial charge in [0, 0.05) is 18.7 Å². The molecule has 2 aromatic rings. The molecule has 1 atom stereocenters. The zero-order valence-electron chi connectivity index (χ0n) is 11.3. The molecular formula is C15H15N3O3. The number of ether oxygens (including phenoxy) is 1. The second-order valence-electron chi connectivity index (χ2n) is 4.99. The van der Waals surface area contributed by atoms with Gasteiger partial charge in [-0.05, 0) is 18.1 Å². The van der Waals surface area contributed by atoms with E-state index in [-0.39, 0.29) is 11.5 Å². The van der Waals surface area contributed by atoms with E-state index in [9.17, 15) is 9.59 Å². The van der Waals surface area contributed by atoms with E-state index < -0.39 is 11.5 Å². The molecule has 6 heteroatoms. The van der Waals surface area contributed by atoms with Crippen LogP contribution >= 0.6 is 0 Å². The average molecular weight is 285 g/mol. The van der Waals surface area contributed by atoms with Crippen molar-refractivity contribution in [3.05, 3.63) is 58.3 Å². The Morgan fingerprint density at radius 2 is 2.29 bits per heavy atom. The molecule has 0 aliphatic carbocycles. The minimum absolute atomic E-state index is 0.0228. The summed E-state index contributed by atoms with van der Waals surface area (Å²) in [6.45, 7) is 1.02. The summed E-state index contributed by atoms with van der Waals surface area (Å²) in [5.41, 5.74) is 0.726. The van der Waals surface area contributed by atoms with Crippen LogP contribution in [0.15, 0.2) is 41.6 Å². The van der Waals surface area contributed by atoms with E-state index in [0.29, 0.717) is 13.2 Å². The number of benzene rings is 1. The fraction of sp³-hybridized carbons (Fsp3) is 0.267. The third-order valence-electron chi connectivity index (χ3n) is 3.47. The van der Waals surface area contributed by atoms with Crippen LogP contribution in [0.2, 0.25) is 0 Å². The molecule has 1 aromatic carbocycles. The van der Waals surface area contributed by atoms with Crippen LogP contribution < -0.4 is 15.6 Å². The maximum Gasteiger partial charge on any atom is 0.263 e. The molecular weight excluding hydrogens is 270 g/mol. The zero-order chi connectivity index (χ0) is 14.7. The van der Waals surface area contributed by atoms with Gasteiger partial charge in [0.2, 0.25) is 0 Å². The highest BCUT2D eigenvalue weighted by Gasteiger charge is 2.20. The molecule has 0 fully saturated rings. The van der Waals surface area contributed by atoms with Gasteiger partial charge in [-0.1, -0.05) is 18.2 Å². The summed E-state index contributed by atoms with van der Waals surface area (Å²) in [7, 11) is 0. The van der Waals surface area contributed by atoms with Gasteiger partial charge in [-0.3, -0.25) is 9.59 Å². The summed E-state index contributed by atoms with van der Waals surface area (Å²) in [6.07, 6.45) is 3.37. The van der Waals surface area contributed by atoms with E-state index in [0.717, 1.165) is 17.7 Å². The predicted octanol–water partition coefficient (Wildman–Crippen LogP) is 0.751. The Labute approximate surface area is 121 Å². The first-order valence-corrected chi connectivity index (χ1v) is 6.75. The number of hydrogen-bond acceptors (Lipinski definition) is 4. The fourth-order valence-electron chi connectivity index (χ4n) is 2.36. The molecule has 6 nitrogen and oxygen atoms in total. The summed E-state index contributed by atoms with van der Waals surface area (Å²) in [6, 6.07) is 7.88. The summed E-state index contributed by atoms with van der Waals surface area (Å²) in [5, 5.41) is 2.76. The van der Waals surface area contributed by atoms with Crippen molar-refractivity contribution in [3.63, 3.8) is 0 Å². The number of H-pyrrole nitrogens is 1. The molecule has 0 spiro atoms. The number of aromatic nitrogens is 2. The second kappa shape index (κ2) is 5.78. The van der Waals surface area contributed by atoms with Crippen molar-refractivity contribution in [2.75, 3.05) is 13.2 Å². The van der Waals surface area contributed by atoms with Crippen LogP contribution in [0.5, 0.6) is 5.75 Å². The standard InChI is InChI=1S/C15H15N3O3/c19-14(12-7-16-9-18-15(12)20)17-6-10-5-11-3-1-2-4-13(11)21-8-10/h1-4,7,9-10H,5-6,8H2,(H,17,19)(H,16,18,20). The average Bonchev–Trinajstić information content (AvgIpc) is 2.53. The van der Waals surface area contributed by atoms with Crippen molar-refractivity contribution in [1.29, 1.82) is 0 Å². The van der Waals surface area contributed by atoms with Crippen LogP contribution in [-0.2, 0) is 6.42 Å². The number of rotatable bonds is 3. The van der Waals surface area contributed by atoms with Gasteiger partial charge in [-0.2, -0.15) is 0 Å². The van der Waals surface area contributed by atoms with Gasteiger partial charge in [0.05, 0.1) is 12.9 Å². The Morgan fingerprint density at radius 1 is 1.43 bits per heavy atom.